The molecule has 1 N–H and O–H groups in total. The van der Waals surface area contributed by atoms with E-state index < -0.39 is 18.2 Å². The lowest BCUT2D eigenvalue weighted by molar-refractivity contribution is -0.140. The number of rotatable bonds is 9. The topological polar surface area (TPSA) is 75.7 Å². The molecule has 1 heterocycles. The number of carbonyl (C=O) groups excluding carboxylic acids is 3. The molecule has 0 bridgehead atoms. The van der Waals surface area contributed by atoms with E-state index in [2.05, 4.69) is 28.3 Å². The van der Waals surface area contributed by atoms with E-state index in [4.69, 9.17) is 11.6 Å². The highest BCUT2D eigenvalue weighted by Crippen LogP contribution is 2.25. The van der Waals surface area contributed by atoms with Gasteiger partial charge >= 0.3 is 6.09 Å². The number of aryl methyl sites for hydroxylation is 1. The number of halogens is 1. The number of benzene rings is 2. The fourth-order valence-corrected chi connectivity index (χ4v) is 4.55. The maximum absolute atomic E-state index is 13.1. The van der Waals surface area contributed by atoms with Gasteiger partial charge < -0.3 is 15.0 Å². The van der Waals surface area contributed by atoms with Crippen molar-refractivity contribution >= 4 is 29.4 Å². The molecular weight excluding hydrogens is 452 g/mol. The summed E-state index contributed by atoms with van der Waals surface area (Å²) in [5.74, 6) is -0.247. The number of nitrogens with one attached hydrogen (secondary N) is 1. The molecule has 2 amide bonds. The maximum Gasteiger partial charge on any atom is 0.407 e. The minimum Gasteiger partial charge on any atom is -0.453 e. The Labute approximate surface area is 206 Å². The van der Waals surface area contributed by atoms with Crippen molar-refractivity contribution in [3.63, 3.8) is 0 Å². The summed E-state index contributed by atoms with van der Waals surface area (Å²) in [5, 5.41) is 3.32. The third-order valence-electron chi connectivity index (χ3n) is 6.29. The lowest BCUT2D eigenvalue weighted by Crippen LogP contribution is -2.53. The van der Waals surface area contributed by atoms with E-state index >= 15 is 0 Å². The minimum absolute atomic E-state index is 0.0836. The maximum atomic E-state index is 13.1. The molecule has 1 aliphatic rings. The Morgan fingerprint density at radius 2 is 1.85 bits per heavy atom. The van der Waals surface area contributed by atoms with Gasteiger partial charge in [0.1, 0.15) is 6.04 Å². The Morgan fingerprint density at radius 3 is 2.53 bits per heavy atom. The van der Waals surface area contributed by atoms with Crippen molar-refractivity contribution < 1.29 is 19.1 Å². The Kier molecular flexibility index (Phi) is 9.11. The summed E-state index contributed by atoms with van der Waals surface area (Å²) < 4.78 is 4.66. The molecule has 3 rings (SSSR count). The van der Waals surface area contributed by atoms with Crippen LogP contribution in [0.4, 0.5) is 4.79 Å². The number of methoxy groups -OCH3 is 1. The molecule has 0 spiro atoms. The number of carbonyl (C=O) groups is 3. The van der Waals surface area contributed by atoms with Gasteiger partial charge in [0, 0.05) is 18.0 Å². The van der Waals surface area contributed by atoms with Crippen molar-refractivity contribution in [1.82, 2.24) is 10.2 Å². The predicted molar refractivity (Wildman–Crippen MR) is 134 cm³/mol. The second-order valence-corrected chi connectivity index (χ2v) is 9.51. The third-order valence-corrected chi connectivity index (χ3v) is 6.54. The van der Waals surface area contributed by atoms with Gasteiger partial charge in [-0.3, -0.25) is 9.59 Å². The van der Waals surface area contributed by atoms with Gasteiger partial charge in [-0.05, 0) is 60.4 Å². The summed E-state index contributed by atoms with van der Waals surface area (Å²) in [6, 6.07) is 14.9. The number of likely N-dealkylation sites (tertiary alicyclic amines) is 1. The van der Waals surface area contributed by atoms with E-state index in [-0.39, 0.29) is 17.6 Å². The molecule has 34 heavy (non-hydrogen) atoms. The largest absolute Gasteiger partial charge is 0.453 e. The number of hydrogen-bond acceptors (Lipinski definition) is 4. The summed E-state index contributed by atoms with van der Waals surface area (Å²) in [6.07, 6.45) is 2.72. The highest BCUT2D eigenvalue weighted by molar-refractivity contribution is 6.30. The average Bonchev–Trinajstić information content (AvgIpc) is 3.32. The zero-order valence-electron chi connectivity index (χ0n) is 20.1. The molecule has 2 aromatic rings. The van der Waals surface area contributed by atoms with E-state index in [1.165, 1.54) is 12.7 Å². The van der Waals surface area contributed by atoms with Crippen LogP contribution in [-0.4, -0.2) is 48.4 Å². The number of ether oxygens (including phenoxy) is 1. The zero-order chi connectivity index (χ0) is 24.7. The first-order valence-corrected chi connectivity index (χ1v) is 12.2. The van der Waals surface area contributed by atoms with Gasteiger partial charge in [-0.15, -0.1) is 0 Å². The first-order valence-electron chi connectivity index (χ1n) is 11.8. The number of alkyl carbamates (subject to hydrolysis) is 1. The van der Waals surface area contributed by atoms with Crippen molar-refractivity contribution in [3.8, 4) is 11.1 Å². The van der Waals surface area contributed by atoms with Gasteiger partial charge in [0.2, 0.25) is 5.91 Å². The average molecular weight is 485 g/mol. The lowest BCUT2D eigenvalue weighted by atomic mass is 9.98. The van der Waals surface area contributed by atoms with Crippen LogP contribution in [-0.2, 0) is 20.7 Å². The monoisotopic (exact) mass is 484 g/mol. The number of hydrogen-bond donors (Lipinski definition) is 1. The van der Waals surface area contributed by atoms with Crippen molar-refractivity contribution in [2.75, 3.05) is 13.7 Å². The van der Waals surface area contributed by atoms with Gasteiger partial charge in [0.15, 0.2) is 5.78 Å². The second-order valence-electron chi connectivity index (χ2n) is 9.07. The summed E-state index contributed by atoms with van der Waals surface area (Å²) in [6.45, 7) is 4.26. The van der Waals surface area contributed by atoms with Crippen LogP contribution in [0.3, 0.4) is 0 Å². The van der Waals surface area contributed by atoms with Crippen molar-refractivity contribution in [1.29, 1.82) is 0 Å². The zero-order valence-corrected chi connectivity index (χ0v) is 20.8. The Bertz CT molecular complexity index is 1010. The first-order chi connectivity index (χ1) is 16.3. The van der Waals surface area contributed by atoms with Crippen LogP contribution in [0.1, 0.15) is 45.1 Å². The Morgan fingerprint density at radius 1 is 1.12 bits per heavy atom. The standard InChI is InChI=1S/C27H33ClN2O4/c1-18(2)25(29-27(33)34-3)26(32)30-16-6-10-23(30)24(31)11-5-8-19-7-4-9-21(17-19)20-12-14-22(28)15-13-20/h4,7,9,12-15,17-18,23,25H,5-6,8,10-11,16H2,1-3H3,(H,29,33). The fraction of sp³-hybridized carbons (Fsp3) is 0.444. The lowest BCUT2D eigenvalue weighted by Gasteiger charge is -2.30. The van der Waals surface area contributed by atoms with Gasteiger partial charge in [0.05, 0.1) is 13.2 Å². The van der Waals surface area contributed by atoms with Crippen LogP contribution < -0.4 is 5.32 Å². The molecule has 0 saturated carbocycles. The van der Waals surface area contributed by atoms with E-state index in [0.29, 0.717) is 24.4 Å². The van der Waals surface area contributed by atoms with Gasteiger partial charge in [-0.1, -0.05) is 61.8 Å². The SMILES string of the molecule is COC(=O)NC(C(=O)N1CCCC1C(=O)CCCc1cccc(-c2ccc(Cl)cc2)c1)C(C)C. The van der Waals surface area contributed by atoms with Gasteiger partial charge in [-0.2, -0.15) is 0 Å². The number of ketones is 1. The normalized spacial score (nSPS) is 16.4. The molecule has 0 aromatic heterocycles. The summed E-state index contributed by atoms with van der Waals surface area (Å²) in [4.78, 5) is 39.5. The minimum atomic E-state index is -0.712. The van der Waals surface area contributed by atoms with Crippen molar-refractivity contribution in [2.24, 2.45) is 5.92 Å². The fourth-order valence-electron chi connectivity index (χ4n) is 4.43. The molecule has 2 unspecified atom stereocenters. The molecular formula is C27H33ClN2O4. The molecule has 2 atom stereocenters. The van der Waals surface area contributed by atoms with E-state index in [9.17, 15) is 14.4 Å². The van der Waals surface area contributed by atoms with Crippen LogP contribution >= 0.6 is 11.6 Å². The molecule has 1 saturated heterocycles. The molecule has 7 heteroatoms. The Hall–Kier alpha value is -2.86. The van der Waals surface area contributed by atoms with Crippen LogP contribution in [0.2, 0.25) is 5.02 Å². The predicted octanol–water partition coefficient (Wildman–Crippen LogP) is 5.27. The molecule has 1 aliphatic heterocycles. The number of nitrogens with zero attached hydrogens (tertiary/aromatic N) is 1. The Balaban J connectivity index is 1.58. The molecule has 0 aliphatic carbocycles. The van der Waals surface area contributed by atoms with Gasteiger partial charge in [0.25, 0.3) is 0 Å². The van der Waals surface area contributed by atoms with Crippen LogP contribution in [0.5, 0.6) is 0 Å². The number of amides is 2. The van der Waals surface area contributed by atoms with E-state index in [0.717, 1.165) is 30.4 Å². The second kappa shape index (κ2) is 12.0. The number of Topliss-reactive ketones (excluding diaryl/α,β-unsaturated/α-hetero) is 1. The van der Waals surface area contributed by atoms with Crippen molar-refractivity contribution in [3.05, 3.63) is 59.1 Å². The van der Waals surface area contributed by atoms with Crippen LogP contribution in [0.15, 0.2) is 48.5 Å². The van der Waals surface area contributed by atoms with Crippen LogP contribution in [0.25, 0.3) is 11.1 Å². The van der Waals surface area contributed by atoms with Crippen molar-refractivity contribution in [2.45, 2.75) is 58.0 Å². The molecule has 182 valence electrons. The molecule has 2 aromatic carbocycles. The highest BCUT2D eigenvalue weighted by Gasteiger charge is 2.38. The van der Waals surface area contributed by atoms with Gasteiger partial charge in [-0.25, -0.2) is 4.79 Å². The molecule has 0 radical (unpaired) electrons. The summed E-state index contributed by atoms with van der Waals surface area (Å²) in [5.41, 5.74) is 3.38. The molecule has 6 nitrogen and oxygen atoms in total. The van der Waals surface area contributed by atoms with E-state index in [1.54, 1.807) is 4.90 Å². The van der Waals surface area contributed by atoms with Crippen LogP contribution in [0, 0.1) is 5.92 Å². The quantitative estimate of drug-likeness (QED) is 0.526. The third kappa shape index (κ3) is 6.60. The smallest absolute Gasteiger partial charge is 0.407 e. The highest BCUT2D eigenvalue weighted by atomic mass is 35.5. The molecule has 1 fully saturated rings. The van der Waals surface area contributed by atoms with E-state index in [1.807, 2.05) is 44.2 Å². The first kappa shape index (κ1) is 25.8. The summed E-state index contributed by atoms with van der Waals surface area (Å²) >= 11 is 5.99. The summed E-state index contributed by atoms with van der Waals surface area (Å²) in [7, 11) is 1.27.